The van der Waals surface area contributed by atoms with E-state index in [4.69, 9.17) is 9.47 Å². The van der Waals surface area contributed by atoms with Gasteiger partial charge < -0.3 is 19.5 Å². The molecule has 2 aliphatic heterocycles. The number of aliphatic hydroxyl groups is 1. The first-order chi connectivity index (χ1) is 9.61. The summed E-state index contributed by atoms with van der Waals surface area (Å²) in [4.78, 5) is 14.5. The number of ether oxygens (including phenoxy) is 2. The molecule has 0 aromatic carbocycles. The highest BCUT2D eigenvalue weighted by Crippen LogP contribution is 2.25. The van der Waals surface area contributed by atoms with E-state index in [0.717, 1.165) is 38.8 Å². The molecule has 2 rings (SSSR count). The Bertz CT molecular complexity index is 320. The molecule has 0 aromatic heterocycles. The number of amides is 1. The first-order valence-electron chi connectivity index (χ1n) is 7.49. The van der Waals surface area contributed by atoms with Gasteiger partial charge in [-0.1, -0.05) is 0 Å². The maximum absolute atomic E-state index is 12.7. The van der Waals surface area contributed by atoms with Gasteiger partial charge in [0.2, 0.25) is 12.3 Å². The van der Waals surface area contributed by atoms with Crippen LogP contribution in [0.1, 0.15) is 32.6 Å². The summed E-state index contributed by atoms with van der Waals surface area (Å²) < 4.78 is 10.4. The van der Waals surface area contributed by atoms with E-state index in [1.807, 2.05) is 11.8 Å². The Morgan fingerprint density at radius 2 is 2.15 bits per heavy atom. The van der Waals surface area contributed by atoms with Gasteiger partial charge in [0.15, 0.2) is 0 Å². The molecule has 1 amide bonds. The molecule has 6 nitrogen and oxygen atoms in total. The number of methoxy groups -OCH3 is 1. The van der Waals surface area contributed by atoms with Crippen LogP contribution in [0.4, 0.5) is 0 Å². The quantitative estimate of drug-likeness (QED) is 0.712. The van der Waals surface area contributed by atoms with Crippen LogP contribution in [0, 0.1) is 5.92 Å². The van der Waals surface area contributed by atoms with E-state index < -0.39 is 12.5 Å². The minimum absolute atomic E-state index is 0.0812. The molecule has 0 spiro atoms. The van der Waals surface area contributed by atoms with Crippen LogP contribution < -0.4 is 5.32 Å². The van der Waals surface area contributed by atoms with Crippen molar-refractivity contribution in [1.29, 1.82) is 0 Å². The van der Waals surface area contributed by atoms with E-state index in [2.05, 4.69) is 5.32 Å². The van der Waals surface area contributed by atoms with E-state index >= 15 is 0 Å². The summed E-state index contributed by atoms with van der Waals surface area (Å²) in [5, 5.41) is 12.6. The smallest absolute Gasteiger partial charge is 0.240 e. The van der Waals surface area contributed by atoms with Gasteiger partial charge in [-0.15, -0.1) is 0 Å². The summed E-state index contributed by atoms with van der Waals surface area (Å²) in [7, 11) is 1.42. The number of rotatable bonds is 5. The van der Waals surface area contributed by atoms with Gasteiger partial charge >= 0.3 is 0 Å². The summed E-state index contributed by atoms with van der Waals surface area (Å²) in [6.45, 7) is 4.33. The number of hydrogen-bond donors (Lipinski definition) is 2. The summed E-state index contributed by atoms with van der Waals surface area (Å²) in [6.07, 6.45) is 2.84. The first-order valence-corrected chi connectivity index (χ1v) is 7.49. The summed E-state index contributed by atoms with van der Waals surface area (Å²) in [5.41, 5.74) is 0. The third-order valence-corrected chi connectivity index (χ3v) is 4.23. The molecule has 2 saturated heterocycles. The van der Waals surface area contributed by atoms with Gasteiger partial charge in [-0.25, -0.2) is 0 Å². The van der Waals surface area contributed by atoms with Gasteiger partial charge in [-0.3, -0.25) is 10.1 Å². The molecule has 2 fully saturated rings. The average Bonchev–Trinajstić information content (AvgIpc) is 2.97. The standard InChI is InChI=1S/C14H26N2O4/c1-10-9-11(5-8-20-10)12(15-14(18)19-2)13(17)16-6-3-4-7-16/h10-12,14-15,18H,3-9H2,1-2H3/t10-,11?,12?,14?/m1/s1. The minimum atomic E-state index is -1.11. The van der Waals surface area contributed by atoms with E-state index in [-0.39, 0.29) is 17.9 Å². The van der Waals surface area contributed by atoms with Crippen LogP contribution in [0.15, 0.2) is 0 Å². The van der Waals surface area contributed by atoms with Crippen molar-refractivity contribution in [1.82, 2.24) is 10.2 Å². The number of aliphatic hydroxyl groups excluding tert-OH is 1. The maximum Gasteiger partial charge on any atom is 0.240 e. The lowest BCUT2D eigenvalue weighted by atomic mass is 9.88. The predicted octanol–water partition coefficient (Wildman–Crippen LogP) is 0.304. The molecule has 0 aromatic rings. The van der Waals surface area contributed by atoms with Crippen molar-refractivity contribution >= 4 is 5.91 Å². The Morgan fingerprint density at radius 3 is 2.75 bits per heavy atom. The topological polar surface area (TPSA) is 71.0 Å². The van der Waals surface area contributed by atoms with Crippen LogP contribution in [0.25, 0.3) is 0 Å². The Morgan fingerprint density at radius 1 is 1.45 bits per heavy atom. The summed E-state index contributed by atoms with van der Waals surface area (Å²) in [5.74, 6) is 0.259. The first kappa shape index (κ1) is 15.7. The van der Waals surface area contributed by atoms with Gasteiger partial charge in [0, 0.05) is 26.8 Å². The zero-order valence-electron chi connectivity index (χ0n) is 12.4. The molecule has 3 unspecified atom stereocenters. The fraction of sp³-hybridized carbons (Fsp3) is 0.929. The molecule has 2 N–H and O–H groups in total. The van der Waals surface area contributed by atoms with Crippen molar-refractivity contribution in [3.63, 3.8) is 0 Å². The highest BCUT2D eigenvalue weighted by atomic mass is 16.6. The second-order valence-corrected chi connectivity index (χ2v) is 5.73. The van der Waals surface area contributed by atoms with E-state index in [9.17, 15) is 9.90 Å². The minimum Gasteiger partial charge on any atom is -0.378 e. The zero-order chi connectivity index (χ0) is 14.5. The van der Waals surface area contributed by atoms with Crippen molar-refractivity contribution in [2.75, 3.05) is 26.8 Å². The third-order valence-electron chi connectivity index (χ3n) is 4.23. The number of nitrogens with zero attached hydrogens (tertiary/aromatic N) is 1. The Kier molecular flexibility index (Phi) is 5.77. The van der Waals surface area contributed by atoms with Crippen LogP contribution >= 0.6 is 0 Å². The molecule has 0 radical (unpaired) electrons. The van der Waals surface area contributed by atoms with Crippen molar-refractivity contribution in [3.8, 4) is 0 Å². The lowest BCUT2D eigenvalue weighted by Crippen LogP contribution is -2.54. The lowest BCUT2D eigenvalue weighted by molar-refractivity contribution is -0.146. The molecule has 0 saturated carbocycles. The fourth-order valence-corrected chi connectivity index (χ4v) is 3.10. The van der Waals surface area contributed by atoms with Gasteiger partial charge in [0.25, 0.3) is 0 Å². The van der Waals surface area contributed by atoms with Crippen molar-refractivity contribution in [2.45, 2.75) is 51.2 Å². The van der Waals surface area contributed by atoms with Gasteiger partial charge in [0.05, 0.1) is 12.1 Å². The average molecular weight is 286 g/mol. The zero-order valence-corrected chi connectivity index (χ0v) is 12.4. The molecule has 2 heterocycles. The number of carbonyl (C=O) groups excluding carboxylic acids is 1. The molecule has 6 heteroatoms. The largest absolute Gasteiger partial charge is 0.378 e. The third kappa shape index (κ3) is 3.91. The number of nitrogens with one attached hydrogen (secondary N) is 1. The maximum atomic E-state index is 12.7. The van der Waals surface area contributed by atoms with Gasteiger partial charge in [-0.05, 0) is 38.5 Å². The van der Waals surface area contributed by atoms with Crippen LogP contribution in [0.2, 0.25) is 0 Å². The number of hydrogen-bond acceptors (Lipinski definition) is 5. The SMILES string of the molecule is COC(O)NC(C(=O)N1CCCC1)C1CCO[C@H](C)C1. The van der Waals surface area contributed by atoms with Crippen LogP contribution in [0.3, 0.4) is 0 Å². The molecular formula is C14H26N2O4. The molecule has 20 heavy (non-hydrogen) atoms. The second-order valence-electron chi connectivity index (χ2n) is 5.73. The Balaban J connectivity index is 2.04. The highest BCUT2D eigenvalue weighted by Gasteiger charge is 2.36. The van der Waals surface area contributed by atoms with Crippen molar-refractivity contribution in [2.24, 2.45) is 5.92 Å². The van der Waals surface area contributed by atoms with Gasteiger partial charge in [0.1, 0.15) is 0 Å². The predicted molar refractivity (Wildman–Crippen MR) is 73.9 cm³/mol. The van der Waals surface area contributed by atoms with Crippen LogP contribution in [-0.2, 0) is 14.3 Å². The molecule has 2 aliphatic rings. The normalized spacial score (nSPS) is 30.2. The highest BCUT2D eigenvalue weighted by molar-refractivity contribution is 5.82. The molecule has 116 valence electrons. The number of carbonyl (C=O) groups is 1. The molecule has 4 atom stereocenters. The molecule has 0 aliphatic carbocycles. The van der Waals surface area contributed by atoms with Crippen LogP contribution in [0.5, 0.6) is 0 Å². The second kappa shape index (κ2) is 7.36. The van der Waals surface area contributed by atoms with E-state index in [1.54, 1.807) is 0 Å². The lowest BCUT2D eigenvalue weighted by Gasteiger charge is -2.35. The molecular weight excluding hydrogens is 260 g/mol. The van der Waals surface area contributed by atoms with E-state index in [1.165, 1.54) is 7.11 Å². The van der Waals surface area contributed by atoms with Crippen molar-refractivity contribution in [3.05, 3.63) is 0 Å². The monoisotopic (exact) mass is 286 g/mol. The Hall–Kier alpha value is -0.690. The molecule has 0 bridgehead atoms. The summed E-state index contributed by atoms with van der Waals surface area (Å²) in [6, 6.07) is -0.394. The van der Waals surface area contributed by atoms with Crippen LogP contribution in [-0.4, -0.2) is 61.3 Å². The van der Waals surface area contributed by atoms with Gasteiger partial charge in [-0.2, -0.15) is 0 Å². The summed E-state index contributed by atoms with van der Waals surface area (Å²) >= 11 is 0. The van der Waals surface area contributed by atoms with Crippen molar-refractivity contribution < 1.29 is 19.4 Å². The number of likely N-dealkylation sites (tertiary alicyclic amines) is 1. The Labute approximate surface area is 120 Å². The fourth-order valence-electron chi connectivity index (χ4n) is 3.10. The van der Waals surface area contributed by atoms with E-state index in [0.29, 0.717) is 6.61 Å².